The van der Waals surface area contributed by atoms with Gasteiger partial charge in [0.15, 0.2) is 5.13 Å². The molecule has 0 aliphatic carbocycles. The number of methoxy groups -OCH3 is 1. The number of halogens is 1. The molecule has 2 heterocycles. The molecule has 10 heteroatoms. The van der Waals surface area contributed by atoms with Gasteiger partial charge in [0.1, 0.15) is 16.4 Å². The van der Waals surface area contributed by atoms with Crippen LogP contribution in [0.2, 0.25) is 5.02 Å². The number of nitrogens with zero attached hydrogens (tertiary/aromatic N) is 2. The fourth-order valence-corrected chi connectivity index (χ4v) is 5.20. The first-order chi connectivity index (χ1) is 17.8. The van der Waals surface area contributed by atoms with Crippen LogP contribution >= 0.6 is 22.9 Å². The summed E-state index contributed by atoms with van der Waals surface area (Å²) in [4.78, 5) is 44.6. The number of Topliss-reactive ketones (excluding diaryl/α,β-unsaturated/α-hetero) is 1. The van der Waals surface area contributed by atoms with Crippen LogP contribution in [0.4, 0.5) is 5.13 Å². The fourth-order valence-electron chi connectivity index (χ4n) is 3.99. The molecule has 8 nitrogen and oxygen atoms in total. The average Bonchev–Trinajstić information content (AvgIpc) is 3.40. The first-order valence-corrected chi connectivity index (χ1v) is 12.8. The van der Waals surface area contributed by atoms with Crippen LogP contribution in [-0.4, -0.2) is 41.5 Å². The lowest BCUT2D eigenvalue weighted by Crippen LogP contribution is -2.29. The van der Waals surface area contributed by atoms with E-state index in [0.717, 1.165) is 24.2 Å². The molecule has 1 aliphatic rings. The second-order valence-electron chi connectivity index (χ2n) is 8.35. The lowest BCUT2D eigenvalue weighted by Gasteiger charge is -2.23. The third kappa shape index (κ3) is 5.23. The molecule has 1 unspecified atom stereocenters. The number of carbonyl (C=O) groups is 3. The maximum atomic E-state index is 13.3. The van der Waals surface area contributed by atoms with E-state index in [9.17, 15) is 19.5 Å². The van der Waals surface area contributed by atoms with Crippen molar-refractivity contribution in [2.24, 2.45) is 0 Å². The van der Waals surface area contributed by atoms with Gasteiger partial charge in [-0.15, -0.1) is 0 Å². The van der Waals surface area contributed by atoms with Crippen molar-refractivity contribution in [1.29, 1.82) is 0 Å². The highest BCUT2D eigenvalue weighted by Crippen LogP contribution is 2.44. The van der Waals surface area contributed by atoms with Crippen LogP contribution in [0.15, 0.2) is 54.1 Å². The number of anilines is 1. The van der Waals surface area contributed by atoms with E-state index in [1.165, 1.54) is 12.0 Å². The monoisotopic (exact) mass is 540 g/mol. The molecule has 0 bridgehead atoms. The molecule has 1 N–H and O–H groups in total. The number of aryl methyl sites for hydroxylation is 1. The predicted molar refractivity (Wildman–Crippen MR) is 141 cm³/mol. The quantitative estimate of drug-likeness (QED) is 0.128. The van der Waals surface area contributed by atoms with Crippen LogP contribution in [0, 0.1) is 6.92 Å². The van der Waals surface area contributed by atoms with Gasteiger partial charge in [-0.3, -0.25) is 14.5 Å². The Hall–Kier alpha value is -3.69. The van der Waals surface area contributed by atoms with Gasteiger partial charge in [-0.25, -0.2) is 9.78 Å². The van der Waals surface area contributed by atoms with Gasteiger partial charge in [0.05, 0.1) is 31.0 Å². The third-order valence-corrected chi connectivity index (χ3v) is 7.24. The van der Waals surface area contributed by atoms with Crippen molar-refractivity contribution in [1.82, 2.24) is 4.98 Å². The van der Waals surface area contributed by atoms with Gasteiger partial charge < -0.3 is 14.6 Å². The number of amides is 1. The van der Waals surface area contributed by atoms with Gasteiger partial charge in [0.25, 0.3) is 5.78 Å². The summed E-state index contributed by atoms with van der Waals surface area (Å²) >= 11 is 7.17. The second-order valence-corrected chi connectivity index (χ2v) is 9.77. The zero-order chi connectivity index (χ0) is 26.7. The molecule has 1 atom stereocenters. The van der Waals surface area contributed by atoms with Crippen molar-refractivity contribution >= 4 is 51.5 Å². The van der Waals surface area contributed by atoms with Gasteiger partial charge in [0.2, 0.25) is 0 Å². The van der Waals surface area contributed by atoms with Crippen LogP contribution in [0.1, 0.15) is 52.3 Å². The topological polar surface area (TPSA) is 106 Å². The number of rotatable bonds is 8. The van der Waals surface area contributed by atoms with E-state index in [2.05, 4.69) is 11.9 Å². The Morgan fingerprint density at radius 1 is 1.19 bits per heavy atom. The Morgan fingerprint density at radius 2 is 1.92 bits per heavy atom. The van der Waals surface area contributed by atoms with Crippen LogP contribution in [0.3, 0.4) is 0 Å². The van der Waals surface area contributed by atoms with E-state index in [4.69, 9.17) is 21.1 Å². The Bertz CT molecular complexity index is 1380. The molecular weight excluding hydrogens is 516 g/mol. The zero-order valence-electron chi connectivity index (χ0n) is 20.5. The Kier molecular flexibility index (Phi) is 7.94. The molecule has 0 saturated carbocycles. The number of thiazole rings is 1. The van der Waals surface area contributed by atoms with Crippen molar-refractivity contribution in [3.05, 3.63) is 80.8 Å². The van der Waals surface area contributed by atoms with E-state index in [1.54, 1.807) is 55.5 Å². The highest BCUT2D eigenvalue weighted by Gasteiger charge is 2.48. The minimum absolute atomic E-state index is 0.112. The first kappa shape index (κ1) is 26.4. The molecule has 1 aliphatic heterocycles. The smallest absolute Gasteiger partial charge is 0.350 e. The fraction of sp³-hybridized carbons (Fsp3) is 0.259. The number of ketones is 1. The maximum Gasteiger partial charge on any atom is 0.350 e. The number of hydrogen-bond acceptors (Lipinski definition) is 8. The summed E-state index contributed by atoms with van der Waals surface area (Å²) in [5.41, 5.74) is 1.09. The van der Waals surface area contributed by atoms with Crippen molar-refractivity contribution in [3.8, 4) is 5.75 Å². The number of aliphatic hydroxyl groups excluding tert-OH is 1. The van der Waals surface area contributed by atoms with Gasteiger partial charge in [-0.05, 0) is 55.3 Å². The highest BCUT2D eigenvalue weighted by atomic mass is 35.5. The minimum atomic E-state index is -1.02. The number of benzene rings is 2. The average molecular weight is 541 g/mol. The van der Waals surface area contributed by atoms with Crippen LogP contribution in [0.25, 0.3) is 5.76 Å². The Morgan fingerprint density at radius 3 is 2.57 bits per heavy atom. The minimum Gasteiger partial charge on any atom is -0.507 e. The number of carbonyl (C=O) groups excluding carboxylic acids is 3. The lowest BCUT2D eigenvalue weighted by molar-refractivity contribution is -0.132. The molecule has 192 valence electrons. The summed E-state index contributed by atoms with van der Waals surface area (Å²) in [5, 5.41) is 11.8. The Balaban J connectivity index is 1.82. The SMILES string of the molecule is CCCCOc1ccc(/C(O)=C2/C(=O)C(=O)N(c3nc(C)c(C(=O)OC)s3)C2c2cccc(Cl)c2)cc1. The molecule has 0 spiro atoms. The number of aromatic nitrogens is 1. The molecular formula is C27H25ClN2O6S. The summed E-state index contributed by atoms with van der Waals surface area (Å²) in [6.07, 6.45) is 1.92. The summed E-state index contributed by atoms with van der Waals surface area (Å²) in [6.45, 7) is 4.25. The van der Waals surface area contributed by atoms with E-state index in [1.807, 2.05) is 0 Å². The molecule has 3 aromatic rings. The van der Waals surface area contributed by atoms with E-state index in [-0.39, 0.29) is 21.3 Å². The number of hydrogen-bond donors (Lipinski definition) is 1. The standard InChI is InChI=1S/C27H25ClN2O6S/c1-4-5-13-36-19-11-9-16(10-12-19)22(31)20-21(17-7-6-8-18(28)14-17)30(25(33)23(20)32)27-29-15(2)24(37-27)26(34)35-3/h6-12,14,21,31H,4-5,13H2,1-3H3/b22-20-. The number of esters is 1. The van der Waals surface area contributed by atoms with Gasteiger partial charge in [-0.1, -0.05) is 48.4 Å². The third-order valence-electron chi connectivity index (χ3n) is 5.87. The number of aliphatic hydroxyl groups is 1. The lowest BCUT2D eigenvalue weighted by atomic mass is 9.95. The molecule has 1 saturated heterocycles. The summed E-state index contributed by atoms with van der Waals surface area (Å²) < 4.78 is 10.5. The van der Waals surface area contributed by atoms with E-state index >= 15 is 0 Å². The molecule has 2 aromatic carbocycles. The Labute approximate surface area is 223 Å². The predicted octanol–water partition coefficient (Wildman–Crippen LogP) is 5.70. The van der Waals surface area contributed by atoms with Gasteiger partial charge >= 0.3 is 11.9 Å². The first-order valence-electron chi connectivity index (χ1n) is 11.6. The van der Waals surface area contributed by atoms with E-state index in [0.29, 0.717) is 34.2 Å². The van der Waals surface area contributed by atoms with Crippen LogP contribution in [-0.2, 0) is 14.3 Å². The maximum absolute atomic E-state index is 13.3. The summed E-state index contributed by atoms with van der Waals surface area (Å²) in [7, 11) is 1.25. The normalized spacial score (nSPS) is 16.8. The van der Waals surface area contributed by atoms with Gasteiger partial charge in [0, 0.05) is 10.6 Å². The molecule has 37 heavy (non-hydrogen) atoms. The van der Waals surface area contributed by atoms with Crippen LogP contribution in [0.5, 0.6) is 5.75 Å². The molecule has 4 rings (SSSR count). The molecule has 1 aromatic heterocycles. The second kappa shape index (κ2) is 11.1. The molecule has 1 fully saturated rings. The molecule has 0 radical (unpaired) electrons. The van der Waals surface area contributed by atoms with Gasteiger partial charge in [-0.2, -0.15) is 0 Å². The van der Waals surface area contributed by atoms with Crippen molar-refractivity contribution in [2.45, 2.75) is 32.7 Å². The van der Waals surface area contributed by atoms with Crippen molar-refractivity contribution in [3.63, 3.8) is 0 Å². The summed E-state index contributed by atoms with van der Waals surface area (Å²) in [5.74, 6) is -2.06. The molecule has 1 amide bonds. The zero-order valence-corrected chi connectivity index (χ0v) is 22.1. The van der Waals surface area contributed by atoms with Crippen molar-refractivity contribution < 1.29 is 29.0 Å². The van der Waals surface area contributed by atoms with E-state index < -0.39 is 23.7 Å². The number of ether oxygens (including phenoxy) is 2. The largest absolute Gasteiger partial charge is 0.507 e. The number of unbranched alkanes of at least 4 members (excludes halogenated alkanes) is 1. The van der Waals surface area contributed by atoms with Crippen molar-refractivity contribution in [2.75, 3.05) is 18.6 Å². The highest BCUT2D eigenvalue weighted by molar-refractivity contribution is 7.17. The van der Waals surface area contributed by atoms with Crippen LogP contribution < -0.4 is 9.64 Å². The summed E-state index contributed by atoms with van der Waals surface area (Å²) in [6, 6.07) is 12.3.